The smallest absolute Gasteiger partial charge is 0.239 e. The van der Waals surface area contributed by atoms with Gasteiger partial charge in [-0.3, -0.25) is 4.79 Å². The molecule has 0 saturated heterocycles. The zero-order valence-corrected chi connectivity index (χ0v) is 10.8. The van der Waals surface area contributed by atoms with E-state index in [4.69, 9.17) is 5.73 Å². The lowest BCUT2D eigenvalue weighted by Gasteiger charge is -2.24. The van der Waals surface area contributed by atoms with Gasteiger partial charge in [0.15, 0.2) is 0 Å². The molecule has 1 amide bonds. The standard InChI is InChI=1S/C12H26N2O/c1-6-10(4)8-14(5)12(15)11(13)7-9(2)3/h9-11H,6-8,13H2,1-5H3/t10?,11-/m0/s1. The van der Waals surface area contributed by atoms with Gasteiger partial charge in [-0.1, -0.05) is 34.1 Å². The van der Waals surface area contributed by atoms with Gasteiger partial charge in [0.25, 0.3) is 0 Å². The summed E-state index contributed by atoms with van der Waals surface area (Å²) in [6.45, 7) is 9.26. The van der Waals surface area contributed by atoms with Crippen LogP contribution in [0.3, 0.4) is 0 Å². The monoisotopic (exact) mass is 214 g/mol. The largest absolute Gasteiger partial charge is 0.344 e. The van der Waals surface area contributed by atoms with Gasteiger partial charge in [-0.2, -0.15) is 0 Å². The second-order valence-corrected chi connectivity index (χ2v) is 4.97. The van der Waals surface area contributed by atoms with E-state index in [1.165, 1.54) is 0 Å². The fourth-order valence-corrected chi connectivity index (χ4v) is 1.58. The molecule has 2 atom stereocenters. The van der Waals surface area contributed by atoms with Gasteiger partial charge in [0.05, 0.1) is 6.04 Å². The topological polar surface area (TPSA) is 46.3 Å². The van der Waals surface area contributed by atoms with Crippen LogP contribution in [-0.2, 0) is 4.79 Å². The Morgan fingerprint density at radius 1 is 1.33 bits per heavy atom. The van der Waals surface area contributed by atoms with Crippen molar-refractivity contribution in [2.75, 3.05) is 13.6 Å². The van der Waals surface area contributed by atoms with Gasteiger partial charge >= 0.3 is 0 Å². The molecule has 0 aromatic carbocycles. The molecular weight excluding hydrogens is 188 g/mol. The molecule has 0 aromatic heterocycles. The summed E-state index contributed by atoms with van der Waals surface area (Å²) in [4.78, 5) is 13.6. The number of rotatable bonds is 6. The molecule has 15 heavy (non-hydrogen) atoms. The molecule has 1 unspecified atom stereocenters. The van der Waals surface area contributed by atoms with Gasteiger partial charge in [0.1, 0.15) is 0 Å². The first-order chi connectivity index (χ1) is 6.88. The summed E-state index contributed by atoms with van der Waals surface area (Å²) in [5.74, 6) is 1.09. The van der Waals surface area contributed by atoms with Crippen molar-refractivity contribution in [1.29, 1.82) is 0 Å². The summed E-state index contributed by atoms with van der Waals surface area (Å²) in [6, 6.07) is -0.334. The molecule has 0 aliphatic rings. The number of hydrogen-bond acceptors (Lipinski definition) is 2. The van der Waals surface area contributed by atoms with Crippen molar-refractivity contribution >= 4 is 5.91 Å². The predicted octanol–water partition coefficient (Wildman–Crippen LogP) is 1.86. The van der Waals surface area contributed by atoms with Crippen LogP contribution in [0.1, 0.15) is 40.5 Å². The van der Waals surface area contributed by atoms with E-state index in [0.29, 0.717) is 11.8 Å². The highest BCUT2D eigenvalue weighted by Crippen LogP contribution is 2.08. The predicted molar refractivity (Wildman–Crippen MR) is 64.5 cm³/mol. The molecule has 3 heteroatoms. The van der Waals surface area contributed by atoms with Crippen LogP contribution in [0.2, 0.25) is 0 Å². The molecule has 0 aromatic rings. The maximum absolute atomic E-state index is 11.8. The number of nitrogens with two attached hydrogens (primary N) is 1. The minimum absolute atomic E-state index is 0.0731. The Hall–Kier alpha value is -0.570. The lowest BCUT2D eigenvalue weighted by atomic mass is 10.0. The van der Waals surface area contributed by atoms with Gasteiger partial charge in [0, 0.05) is 13.6 Å². The van der Waals surface area contributed by atoms with Crippen molar-refractivity contribution in [3.05, 3.63) is 0 Å². The Kier molecular flexibility index (Phi) is 6.57. The van der Waals surface area contributed by atoms with E-state index in [1.54, 1.807) is 4.90 Å². The first-order valence-electron chi connectivity index (χ1n) is 5.89. The van der Waals surface area contributed by atoms with Crippen LogP contribution in [0.25, 0.3) is 0 Å². The van der Waals surface area contributed by atoms with E-state index in [0.717, 1.165) is 19.4 Å². The molecule has 3 nitrogen and oxygen atoms in total. The molecular formula is C12H26N2O. The maximum Gasteiger partial charge on any atom is 0.239 e. The lowest BCUT2D eigenvalue weighted by Crippen LogP contribution is -2.43. The number of hydrogen-bond donors (Lipinski definition) is 1. The Morgan fingerprint density at radius 3 is 2.27 bits per heavy atom. The average Bonchev–Trinajstić information content (AvgIpc) is 2.15. The van der Waals surface area contributed by atoms with Crippen molar-refractivity contribution < 1.29 is 4.79 Å². The highest BCUT2D eigenvalue weighted by Gasteiger charge is 2.19. The summed E-state index contributed by atoms with van der Waals surface area (Å²) in [6.07, 6.45) is 1.86. The molecule has 2 N–H and O–H groups in total. The van der Waals surface area contributed by atoms with Crippen LogP contribution in [0.5, 0.6) is 0 Å². The van der Waals surface area contributed by atoms with Crippen molar-refractivity contribution in [1.82, 2.24) is 4.90 Å². The van der Waals surface area contributed by atoms with E-state index in [1.807, 2.05) is 7.05 Å². The van der Waals surface area contributed by atoms with Gasteiger partial charge in [-0.25, -0.2) is 0 Å². The Morgan fingerprint density at radius 2 is 1.87 bits per heavy atom. The summed E-state index contributed by atoms with van der Waals surface area (Å²) in [5.41, 5.74) is 5.85. The van der Waals surface area contributed by atoms with Crippen LogP contribution >= 0.6 is 0 Å². The first-order valence-corrected chi connectivity index (χ1v) is 5.89. The molecule has 0 radical (unpaired) electrons. The van der Waals surface area contributed by atoms with Crippen LogP contribution in [0.15, 0.2) is 0 Å². The highest BCUT2D eigenvalue weighted by molar-refractivity contribution is 5.81. The van der Waals surface area contributed by atoms with Gasteiger partial charge in [-0.05, 0) is 18.3 Å². The highest BCUT2D eigenvalue weighted by atomic mass is 16.2. The second kappa shape index (κ2) is 6.83. The van der Waals surface area contributed by atoms with E-state index in [9.17, 15) is 4.79 Å². The lowest BCUT2D eigenvalue weighted by molar-refractivity contribution is -0.132. The maximum atomic E-state index is 11.8. The third kappa shape index (κ3) is 5.78. The average molecular weight is 214 g/mol. The van der Waals surface area contributed by atoms with Crippen LogP contribution in [0.4, 0.5) is 0 Å². The zero-order valence-electron chi connectivity index (χ0n) is 10.8. The first kappa shape index (κ1) is 14.4. The van der Waals surface area contributed by atoms with Crippen molar-refractivity contribution in [3.63, 3.8) is 0 Å². The van der Waals surface area contributed by atoms with Crippen LogP contribution in [-0.4, -0.2) is 30.4 Å². The summed E-state index contributed by atoms with van der Waals surface area (Å²) >= 11 is 0. The SMILES string of the molecule is CCC(C)CN(C)C(=O)[C@@H](N)CC(C)C. The quantitative estimate of drug-likeness (QED) is 0.733. The third-order valence-corrected chi connectivity index (χ3v) is 2.70. The minimum Gasteiger partial charge on any atom is -0.344 e. The van der Waals surface area contributed by atoms with Gasteiger partial charge in [-0.15, -0.1) is 0 Å². The summed E-state index contributed by atoms with van der Waals surface area (Å²) in [7, 11) is 1.84. The Balaban J connectivity index is 4.07. The molecule has 0 rings (SSSR count). The van der Waals surface area contributed by atoms with Crippen molar-refractivity contribution in [2.45, 2.75) is 46.6 Å². The van der Waals surface area contributed by atoms with Crippen LogP contribution in [0, 0.1) is 11.8 Å². The fraction of sp³-hybridized carbons (Fsp3) is 0.917. The van der Waals surface area contributed by atoms with Crippen LogP contribution < -0.4 is 5.73 Å². The van der Waals surface area contributed by atoms with E-state index < -0.39 is 0 Å². The van der Waals surface area contributed by atoms with Gasteiger partial charge in [0.2, 0.25) is 5.91 Å². The zero-order chi connectivity index (χ0) is 12.0. The minimum atomic E-state index is -0.334. The number of nitrogens with zero attached hydrogens (tertiary/aromatic N) is 1. The molecule has 90 valence electrons. The Labute approximate surface area is 94.0 Å². The van der Waals surface area contributed by atoms with E-state index in [-0.39, 0.29) is 11.9 Å². The Bertz CT molecular complexity index is 192. The number of likely N-dealkylation sites (N-methyl/N-ethyl adjacent to an activating group) is 1. The molecule has 0 aliphatic heterocycles. The second-order valence-electron chi connectivity index (χ2n) is 4.97. The number of carbonyl (C=O) groups excluding carboxylic acids is 1. The molecule has 0 bridgehead atoms. The van der Waals surface area contributed by atoms with Gasteiger partial charge < -0.3 is 10.6 Å². The summed E-state index contributed by atoms with van der Waals surface area (Å²) < 4.78 is 0. The fourth-order valence-electron chi connectivity index (χ4n) is 1.58. The molecule has 0 heterocycles. The van der Waals surface area contributed by atoms with Crippen molar-refractivity contribution in [3.8, 4) is 0 Å². The van der Waals surface area contributed by atoms with E-state index in [2.05, 4.69) is 27.7 Å². The summed E-state index contributed by atoms with van der Waals surface area (Å²) in [5, 5.41) is 0. The molecule has 0 aliphatic carbocycles. The normalized spacial score (nSPS) is 15.1. The molecule has 0 saturated carbocycles. The molecule has 0 fully saturated rings. The number of carbonyl (C=O) groups is 1. The number of amides is 1. The third-order valence-electron chi connectivity index (χ3n) is 2.70. The van der Waals surface area contributed by atoms with E-state index >= 15 is 0 Å². The molecule has 0 spiro atoms. The van der Waals surface area contributed by atoms with Crippen molar-refractivity contribution in [2.24, 2.45) is 17.6 Å².